The van der Waals surface area contributed by atoms with Gasteiger partial charge in [-0.15, -0.1) is 10.8 Å². The number of aryl methyl sites for hydroxylation is 1. The van der Waals surface area contributed by atoms with Crippen molar-refractivity contribution < 1.29 is 18.3 Å². The van der Waals surface area contributed by atoms with Crippen molar-refractivity contribution in [2.45, 2.75) is 12.1 Å². The third kappa shape index (κ3) is 4.30. The van der Waals surface area contributed by atoms with Gasteiger partial charge in [-0.2, -0.15) is 10.2 Å². The molecule has 0 unspecified atom stereocenters. The molecule has 0 saturated carbocycles. The van der Waals surface area contributed by atoms with Gasteiger partial charge in [0, 0.05) is 18.6 Å². The molecular formula is C27H25FN6O3S. The summed E-state index contributed by atoms with van der Waals surface area (Å²) in [7, 11) is -1.58. The maximum Gasteiger partial charge on any atom is 0.272 e. The summed E-state index contributed by atoms with van der Waals surface area (Å²) >= 11 is 0. The van der Waals surface area contributed by atoms with Gasteiger partial charge in [-0.3, -0.25) is 22.9 Å². The first kappa shape index (κ1) is 24.2. The van der Waals surface area contributed by atoms with Gasteiger partial charge in [0.1, 0.15) is 11.5 Å². The Kier molecular flexibility index (Phi) is 5.90. The third-order valence-electron chi connectivity index (χ3n) is 6.63. The minimum atomic E-state index is -3.30. The number of nitrogens with zero attached hydrogens (tertiary/aromatic N) is 5. The number of amides is 1. The number of carbonyl (C=O) groups excluding carboxylic acids is 1. The van der Waals surface area contributed by atoms with Crippen molar-refractivity contribution in [1.29, 1.82) is 0 Å². The molecule has 1 fully saturated rings. The van der Waals surface area contributed by atoms with Crippen LogP contribution in [-0.4, -0.2) is 46.4 Å². The summed E-state index contributed by atoms with van der Waals surface area (Å²) in [5.41, 5.74) is 3.16. The van der Waals surface area contributed by atoms with Crippen LogP contribution in [0.4, 0.5) is 10.1 Å². The predicted molar refractivity (Wildman–Crippen MR) is 145 cm³/mol. The molecule has 2 atom stereocenters. The van der Waals surface area contributed by atoms with E-state index in [4.69, 9.17) is 0 Å². The number of hydrogen-bond acceptors (Lipinski definition) is 6. The molecule has 3 N–H and O–H groups in total. The number of aromatic nitrogens is 4. The first-order valence-corrected chi connectivity index (χ1v) is 13.6. The summed E-state index contributed by atoms with van der Waals surface area (Å²) in [5, 5.41) is 12.4. The number of halogens is 1. The Labute approximate surface area is 219 Å². The second-order valence-corrected chi connectivity index (χ2v) is 11.2. The molecule has 3 aromatic carbocycles. The predicted octanol–water partition coefficient (Wildman–Crippen LogP) is 4.92. The summed E-state index contributed by atoms with van der Waals surface area (Å²) in [4.78, 5) is 13.0. The molecule has 9 nitrogen and oxygen atoms in total. The SMILES string of the molecule is Cn1ccc(C(=O)N[C@H]2CS(O)(O)N(c3ccc4c(cnn4-c4ccc(F)cc4)c3)[C@@H]2c2ccccc2)n1. The summed E-state index contributed by atoms with van der Waals surface area (Å²) in [6, 6.07) is 21.5. The Morgan fingerprint density at radius 3 is 2.47 bits per heavy atom. The van der Waals surface area contributed by atoms with Gasteiger partial charge in [0.2, 0.25) is 0 Å². The molecule has 194 valence electrons. The van der Waals surface area contributed by atoms with Crippen molar-refractivity contribution in [2.75, 3.05) is 10.1 Å². The van der Waals surface area contributed by atoms with Gasteiger partial charge in [-0.1, -0.05) is 30.3 Å². The van der Waals surface area contributed by atoms with E-state index in [0.717, 1.165) is 16.5 Å². The maximum atomic E-state index is 13.4. The van der Waals surface area contributed by atoms with Crippen molar-refractivity contribution in [1.82, 2.24) is 24.9 Å². The lowest BCUT2D eigenvalue weighted by atomic mass is 9.99. The van der Waals surface area contributed by atoms with Crippen LogP contribution in [0.25, 0.3) is 16.6 Å². The minimum absolute atomic E-state index is 0.0436. The van der Waals surface area contributed by atoms with E-state index < -0.39 is 22.9 Å². The summed E-state index contributed by atoms with van der Waals surface area (Å²) in [5.74, 6) is -0.758. The molecule has 0 radical (unpaired) electrons. The van der Waals surface area contributed by atoms with Crippen LogP contribution in [0.15, 0.2) is 91.3 Å². The van der Waals surface area contributed by atoms with Gasteiger partial charge in [-0.05, 0) is 54.1 Å². The fourth-order valence-corrected chi connectivity index (χ4v) is 6.94. The van der Waals surface area contributed by atoms with Crippen molar-refractivity contribution in [3.8, 4) is 5.69 Å². The molecule has 5 aromatic rings. The lowest BCUT2D eigenvalue weighted by Gasteiger charge is -2.41. The van der Waals surface area contributed by atoms with Crippen LogP contribution in [-0.2, 0) is 7.05 Å². The highest BCUT2D eigenvalue weighted by Crippen LogP contribution is 2.58. The fourth-order valence-electron chi connectivity index (χ4n) is 4.95. The Morgan fingerprint density at radius 2 is 1.76 bits per heavy atom. The molecule has 0 bridgehead atoms. The van der Waals surface area contributed by atoms with Crippen molar-refractivity contribution in [3.05, 3.63) is 108 Å². The molecule has 1 saturated heterocycles. The smallest absolute Gasteiger partial charge is 0.272 e. The van der Waals surface area contributed by atoms with Gasteiger partial charge in [0.25, 0.3) is 5.91 Å². The van der Waals surface area contributed by atoms with Gasteiger partial charge in [0.05, 0.1) is 40.9 Å². The van der Waals surface area contributed by atoms with Crippen LogP contribution >= 0.6 is 10.8 Å². The molecule has 6 rings (SSSR count). The Bertz CT molecular complexity index is 1620. The van der Waals surface area contributed by atoms with Crippen LogP contribution in [0, 0.1) is 5.82 Å². The van der Waals surface area contributed by atoms with Gasteiger partial charge < -0.3 is 5.32 Å². The Balaban J connectivity index is 1.39. The summed E-state index contributed by atoms with van der Waals surface area (Å²) in [6.07, 6.45) is 3.36. The normalized spacial score (nSPS) is 19.5. The molecule has 1 aliphatic rings. The van der Waals surface area contributed by atoms with Crippen molar-refractivity contribution in [3.63, 3.8) is 0 Å². The number of fused-ring (bicyclic) bond motifs is 1. The zero-order valence-electron chi connectivity index (χ0n) is 20.3. The molecule has 0 aliphatic carbocycles. The third-order valence-corrected chi connectivity index (χ3v) is 8.51. The number of hydrogen-bond donors (Lipinski definition) is 3. The largest absolute Gasteiger partial charge is 0.344 e. The average molecular weight is 533 g/mol. The number of nitrogens with one attached hydrogen (secondary N) is 1. The summed E-state index contributed by atoms with van der Waals surface area (Å²) < 4.78 is 40.9. The van der Waals surface area contributed by atoms with E-state index in [9.17, 15) is 18.3 Å². The highest BCUT2D eigenvalue weighted by Gasteiger charge is 2.47. The number of rotatable bonds is 5. The van der Waals surface area contributed by atoms with E-state index in [1.54, 1.807) is 57.4 Å². The molecule has 0 spiro atoms. The first-order valence-electron chi connectivity index (χ1n) is 11.9. The van der Waals surface area contributed by atoms with E-state index in [0.29, 0.717) is 11.4 Å². The van der Waals surface area contributed by atoms with Crippen LogP contribution in [0.5, 0.6) is 0 Å². The molecule has 11 heteroatoms. The van der Waals surface area contributed by atoms with Gasteiger partial charge in [0.15, 0.2) is 0 Å². The van der Waals surface area contributed by atoms with Crippen LogP contribution in [0.2, 0.25) is 0 Å². The molecule has 1 aliphatic heterocycles. The highest BCUT2D eigenvalue weighted by molar-refractivity contribution is 8.25. The van der Waals surface area contributed by atoms with Crippen molar-refractivity contribution in [2.24, 2.45) is 7.05 Å². The molecule has 1 amide bonds. The fraction of sp³-hybridized carbons (Fsp3) is 0.148. The van der Waals surface area contributed by atoms with Gasteiger partial charge >= 0.3 is 0 Å². The maximum absolute atomic E-state index is 13.4. The van der Waals surface area contributed by atoms with Crippen LogP contribution < -0.4 is 9.62 Å². The van der Waals surface area contributed by atoms with E-state index in [1.165, 1.54) is 12.1 Å². The minimum Gasteiger partial charge on any atom is -0.344 e. The van der Waals surface area contributed by atoms with Gasteiger partial charge in [-0.25, -0.2) is 9.07 Å². The molecule has 2 aromatic heterocycles. The second kappa shape index (κ2) is 9.28. The Morgan fingerprint density at radius 1 is 1.03 bits per heavy atom. The van der Waals surface area contributed by atoms with Crippen LogP contribution in [0.1, 0.15) is 22.1 Å². The zero-order chi connectivity index (χ0) is 26.4. The number of carbonyl (C=O) groups is 1. The molecule has 38 heavy (non-hydrogen) atoms. The van der Waals surface area contributed by atoms with E-state index in [-0.39, 0.29) is 23.2 Å². The molecular weight excluding hydrogens is 507 g/mol. The van der Waals surface area contributed by atoms with Crippen LogP contribution in [0.3, 0.4) is 0 Å². The number of anilines is 1. The Hall–Kier alpha value is -4.19. The molecule has 3 heterocycles. The van der Waals surface area contributed by atoms with E-state index in [2.05, 4.69) is 15.5 Å². The number of benzene rings is 3. The topological polar surface area (TPSA) is 108 Å². The lowest BCUT2D eigenvalue weighted by Crippen LogP contribution is -2.41. The monoisotopic (exact) mass is 532 g/mol. The van der Waals surface area contributed by atoms with Crippen molar-refractivity contribution >= 4 is 33.3 Å². The standard InChI is InChI=1S/C27H25FN6O3S/c1-32-14-13-23(31-32)27(35)30-24-17-38(36,37)34(26(24)18-5-3-2-4-6-18)22-11-12-25-19(15-22)16-29-33(25)21-9-7-20(28)8-10-21/h2-16,24,26,36-37H,17H2,1H3,(H,30,35)/t24-,26+/m0/s1. The summed E-state index contributed by atoms with van der Waals surface area (Å²) in [6.45, 7) is 0. The second-order valence-electron chi connectivity index (χ2n) is 9.21. The average Bonchev–Trinajstić information content (AvgIpc) is 3.59. The first-order chi connectivity index (χ1) is 18.3. The van der Waals surface area contributed by atoms with E-state index >= 15 is 0 Å². The lowest BCUT2D eigenvalue weighted by molar-refractivity contribution is 0.0931. The van der Waals surface area contributed by atoms with E-state index in [1.807, 2.05) is 42.5 Å². The highest BCUT2D eigenvalue weighted by atomic mass is 32.3. The quantitative estimate of drug-likeness (QED) is 0.296. The zero-order valence-corrected chi connectivity index (χ0v) is 21.2.